The number of halogens is 5. The van der Waals surface area contributed by atoms with Gasteiger partial charge < -0.3 is 4.57 Å². The highest BCUT2D eigenvalue weighted by Gasteiger charge is 2.30. The fraction of sp³-hybridized carbons (Fsp3) is 0.176. The van der Waals surface area contributed by atoms with Gasteiger partial charge in [0.15, 0.2) is 0 Å². The summed E-state index contributed by atoms with van der Waals surface area (Å²) in [5.41, 5.74) is -1.44. The Labute approximate surface area is 169 Å². The Hall–Kier alpha value is -2.46. The monoisotopic (exact) mass is 475 g/mol. The number of nitro benzene ring substituents is 1. The van der Waals surface area contributed by atoms with E-state index in [9.17, 15) is 28.1 Å². The molecule has 0 amide bonds. The zero-order valence-electron chi connectivity index (χ0n) is 14.1. The minimum Gasteiger partial charge on any atom is -0.322 e. The molecule has 1 aromatic heterocycles. The van der Waals surface area contributed by atoms with E-state index >= 15 is 0 Å². The number of imidazole rings is 1. The highest BCUT2D eigenvalue weighted by molar-refractivity contribution is 9.10. The van der Waals surface area contributed by atoms with Crippen LogP contribution in [-0.2, 0) is 6.54 Å². The van der Waals surface area contributed by atoms with Crippen molar-refractivity contribution < 1.29 is 22.9 Å². The molecular weight excluding hydrogens is 467 g/mol. The number of ketones is 1. The molecule has 0 aliphatic carbocycles. The molecule has 11 heteroatoms. The molecular formula is C17H10BrClF3N3O3. The zero-order chi connectivity index (χ0) is 20.7. The summed E-state index contributed by atoms with van der Waals surface area (Å²) >= 11 is 8.92. The van der Waals surface area contributed by atoms with Gasteiger partial charge in [-0.2, -0.15) is 0 Å². The van der Waals surface area contributed by atoms with Gasteiger partial charge in [-0.25, -0.2) is 18.2 Å². The summed E-state index contributed by atoms with van der Waals surface area (Å²) in [6.07, 6.45) is -2.71. The van der Waals surface area contributed by atoms with Crippen LogP contribution < -0.4 is 0 Å². The first-order valence-corrected chi connectivity index (χ1v) is 8.90. The van der Waals surface area contributed by atoms with Crippen molar-refractivity contribution in [3.63, 3.8) is 0 Å². The van der Waals surface area contributed by atoms with E-state index in [1.165, 1.54) is 13.0 Å². The highest BCUT2D eigenvalue weighted by atomic mass is 79.9. The van der Waals surface area contributed by atoms with Crippen molar-refractivity contribution in [3.8, 4) is 0 Å². The summed E-state index contributed by atoms with van der Waals surface area (Å²) in [6, 6.07) is 4.24. The van der Waals surface area contributed by atoms with Gasteiger partial charge in [0, 0.05) is 11.1 Å². The van der Waals surface area contributed by atoms with Crippen LogP contribution in [0.25, 0.3) is 11.0 Å². The number of carbonyl (C=O) groups is 1. The standard InChI is InChI=1S/C17H10BrClF3N3O3/c1-7-23-16-12(24(7)6-13(21)22)5-11(25(27)28)14(15(16)18)17(26)9-4-8(19)2-3-10(9)20/h2-5,13H,6H2,1H3. The molecule has 0 N–H and O–H groups in total. The lowest BCUT2D eigenvalue weighted by molar-refractivity contribution is -0.385. The molecule has 0 fully saturated rings. The molecule has 1 heterocycles. The number of aromatic nitrogens is 2. The van der Waals surface area contributed by atoms with E-state index in [0.717, 1.165) is 22.8 Å². The minimum atomic E-state index is -2.71. The van der Waals surface area contributed by atoms with Gasteiger partial charge in [0.2, 0.25) is 5.78 Å². The topological polar surface area (TPSA) is 78.0 Å². The second-order valence-electron chi connectivity index (χ2n) is 5.82. The number of nitrogens with zero attached hydrogens (tertiary/aromatic N) is 3. The summed E-state index contributed by atoms with van der Waals surface area (Å²) < 4.78 is 40.9. The summed E-state index contributed by atoms with van der Waals surface area (Å²) in [5.74, 6) is -1.71. The van der Waals surface area contributed by atoms with Crippen molar-refractivity contribution in [3.05, 3.63) is 66.6 Å². The van der Waals surface area contributed by atoms with E-state index in [2.05, 4.69) is 20.9 Å². The van der Waals surface area contributed by atoms with E-state index in [4.69, 9.17) is 11.6 Å². The van der Waals surface area contributed by atoms with Gasteiger partial charge in [-0.15, -0.1) is 0 Å². The lowest BCUT2D eigenvalue weighted by atomic mass is 10.0. The molecule has 0 unspecified atom stereocenters. The van der Waals surface area contributed by atoms with Gasteiger partial charge in [-0.1, -0.05) is 11.6 Å². The molecule has 2 aromatic carbocycles. The van der Waals surface area contributed by atoms with E-state index in [-0.39, 0.29) is 26.4 Å². The third-order valence-electron chi connectivity index (χ3n) is 4.07. The summed E-state index contributed by atoms with van der Waals surface area (Å²) in [4.78, 5) is 27.8. The molecule has 6 nitrogen and oxygen atoms in total. The van der Waals surface area contributed by atoms with Crippen molar-refractivity contribution in [1.82, 2.24) is 9.55 Å². The van der Waals surface area contributed by atoms with Gasteiger partial charge >= 0.3 is 0 Å². The number of nitro groups is 1. The van der Waals surface area contributed by atoms with Crippen molar-refractivity contribution in [2.75, 3.05) is 0 Å². The first-order valence-electron chi connectivity index (χ1n) is 7.73. The molecule has 28 heavy (non-hydrogen) atoms. The molecule has 0 atom stereocenters. The maximum absolute atomic E-state index is 14.1. The van der Waals surface area contributed by atoms with E-state index in [1.54, 1.807) is 0 Å². The fourth-order valence-corrected chi connectivity index (χ4v) is 3.70. The number of benzene rings is 2. The third kappa shape index (κ3) is 3.49. The van der Waals surface area contributed by atoms with Gasteiger partial charge in [-0.05, 0) is 41.1 Å². The second-order valence-corrected chi connectivity index (χ2v) is 7.05. The number of carbonyl (C=O) groups excluding carboxylic acids is 1. The van der Waals surface area contributed by atoms with Crippen LogP contribution in [0.1, 0.15) is 21.7 Å². The number of hydrogen-bond donors (Lipinski definition) is 0. The van der Waals surface area contributed by atoms with Crippen molar-refractivity contribution in [2.45, 2.75) is 19.9 Å². The van der Waals surface area contributed by atoms with Crippen LogP contribution in [-0.4, -0.2) is 26.7 Å². The van der Waals surface area contributed by atoms with Crippen LogP contribution in [0.2, 0.25) is 5.02 Å². The Bertz CT molecular complexity index is 1130. The number of fused-ring (bicyclic) bond motifs is 1. The molecule has 0 saturated heterocycles. The molecule has 3 rings (SSSR count). The molecule has 0 bridgehead atoms. The molecule has 146 valence electrons. The van der Waals surface area contributed by atoms with Gasteiger partial charge in [-0.3, -0.25) is 14.9 Å². The number of aryl methyl sites for hydroxylation is 1. The van der Waals surface area contributed by atoms with Crippen LogP contribution in [0.5, 0.6) is 0 Å². The maximum Gasteiger partial charge on any atom is 0.283 e. The molecule has 0 aliphatic heterocycles. The Morgan fingerprint density at radius 3 is 2.68 bits per heavy atom. The molecule has 0 saturated carbocycles. The average Bonchev–Trinajstić information content (AvgIpc) is 2.92. The van der Waals surface area contributed by atoms with Crippen molar-refractivity contribution in [1.29, 1.82) is 0 Å². The largest absolute Gasteiger partial charge is 0.322 e. The lowest BCUT2D eigenvalue weighted by Gasteiger charge is -2.09. The number of hydrogen-bond acceptors (Lipinski definition) is 4. The second kappa shape index (κ2) is 7.51. The van der Waals surface area contributed by atoms with E-state index < -0.39 is 46.3 Å². The fourth-order valence-electron chi connectivity index (χ4n) is 2.86. The van der Waals surface area contributed by atoms with Gasteiger partial charge in [0.25, 0.3) is 12.1 Å². The quantitative estimate of drug-likeness (QED) is 0.284. The third-order valence-corrected chi connectivity index (χ3v) is 5.08. The Morgan fingerprint density at radius 1 is 1.39 bits per heavy atom. The Morgan fingerprint density at radius 2 is 2.07 bits per heavy atom. The predicted octanol–water partition coefficient (Wildman–Crippen LogP) is 5.30. The predicted molar refractivity (Wildman–Crippen MR) is 99.7 cm³/mol. The van der Waals surface area contributed by atoms with E-state index in [1.807, 2.05) is 0 Å². The summed E-state index contributed by atoms with van der Waals surface area (Å²) in [6.45, 7) is 0.737. The normalized spacial score (nSPS) is 11.4. The highest BCUT2D eigenvalue weighted by Crippen LogP contribution is 2.37. The van der Waals surface area contributed by atoms with Crippen molar-refractivity contribution in [2.24, 2.45) is 0 Å². The summed E-state index contributed by atoms with van der Waals surface area (Å²) in [7, 11) is 0. The van der Waals surface area contributed by atoms with Crippen LogP contribution >= 0.6 is 27.5 Å². The average molecular weight is 477 g/mol. The van der Waals surface area contributed by atoms with Crippen molar-refractivity contribution >= 4 is 50.0 Å². The Balaban J connectivity index is 2.32. The van der Waals surface area contributed by atoms with Gasteiger partial charge in [0.05, 0.1) is 27.0 Å². The lowest BCUT2D eigenvalue weighted by Crippen LogP contribution is -2.11. The maximum atomic E-state index is 14.1. The van der Waals surface area contributed by atoms with Crippen LogP contribution in [0.4, 0.5) is 18.9 Å². The zero-order valence-corrected chi connectivity index (χ0v) is 16.4. The molecule has 3 aromatic rings. The number of rotatable bonds is 5. The first kappa shape index (κ1) is 20.3. The smallest absolute Gasteiger partial charge is 0.283 e. The number of alkyl halides is 2. The van der Waals surface area contributed by atoms with Crippen LogP contribution in [0.3, 0.4) is 0 Å². The van der Waals surface area contributed by atoms with Gasteiger partial charge in [0.1, 0.15) is 22.7 Å². The molecule has 0 spiro atoms. The summed E-state index contributed by atoms with van der Waals surface area (Å²) in [5, 5.41) is 11.7. The molecule has 0 aliphatic rings. The SMILES string of the molecule is Cc1nc2c(Br)c(C(=O)c3cc(Cl)ccc3F)c([N+](=O)[O-])cc2n1CC(F)F. The molecule has 0 radical (unpaired) electrons. The van der Waals surface area contributed by atoms with Crippen LogP contribution in [0, 0.1) is 22.9 Å². The minimum absolute atomic E-state index is 0.0551. The Kier molecular flexibility index (Phi) is 5.44. The van der Waals surface area contributed by atoms with Crippen LogP contribution in [0.15, 0.2) is 28.7 Å². The first-order chi connectivity index (χ1) is 13.1. The van der Waals surface area contributed by atoms with E-state index in [0.29, 0.717) is 0 Å².